The van der Waals surface area contributed by atoms with Gasteiger partial charge in [0.15, 0.2) is 0 Å². The zero-order chi connectivity index (χ0) is 14.0. The molecule has 0 bridgehead atoms. The quantitative estimate of drug-likeness (QED) is 0.902. The third-order valence-corrected chi connectivity index (χ3v) is 3.64. The lowest BCUT2D eigenvalue weighted by atomic mass is 9.89. The third kappa shape index (κ3) is 2.14. The lowest BCUT2D eigenvalue weighted by Crippen LogP contribution is -2.51. The van der Waals surface area contributed by atoms with Crippen LogP contribution in [0.2, 0.25) is 0 Å². The van der Waals surface area contributed by atoms with Crippen LogP contribution < -0.4 is 5.32 Å². The number of carbonyl (C=O) groups excluding carboxylic acids is 1. The Bertz CT molecular complexity index is 652. The van der Waals surface area contributed by atoms with Gasteiger partial charge in [0.2, 0.25) is 0 Å². The Morgan fingerprint density at radius 2 is 1.80 bits per heavy atom. The maximum atomic E-state index is 12.4. The van der Waals surface area contributed by atoms with Gasteiger partial charge >= 0.3 is 0 Å². The minimum atomic E-state index is -0.777. The molecule has 20 heavy (non-hydrogen) atoms. The molecule has 0 unspecified atom stereocenters. The maximum absolute atomic E-state index is 12.4. The molecule has 100 valence electrons. The smallest absolute Gasteiger partial charge is 0.270 e. The van der Waals surface area contributed by atoms with E-state index in [0.29, 0.717) is 6.54 Å². The van der Waals surface area contributed by atoms with Crippen molar-refractivity contribution in [3.8, 4) is 0 Å². The van der Waals surface area contributed by atoms with Crippen molar-refractivity contribution in [1.29, 1.82) is 0 Å². The van der Waals surface area contributed by atoms with Crippen LogP contribution in [0.15, 0.2) is 59.9 Å². The summed E-state index contributed by atoms with van der Waals surface area (Å²) in [6.45, 7) is 2.42. The first kappa shape index (κ1) is 12.7. The van der Waals surface area contributed by atoms with Crippen LogP contribution in [0.4, 0.5) is 0 Å². The number of hydrogen-bond donors (Lipinski definition) is 1. The fraction of sp³-hybridized carbons (Fsp3) is 0.188. The highest BCUT2D eigenvalue weighted by Gasteiger charge is 2.38. The van der Waals surface area contributed by atoms with Crippen molar-refractivity contribution < 1.29 is 4.79 Å². The number of aromatic nitrogens is 1. The van der Waals surface area contributed by atoms with Gasteiger partial charge in [0, 0.05) is 18.9 Å². The van der Waals surface area contributed by atoms with E-state index < -0.39 is 5.54 Å². The molecule has 1 N–H and O–H groups in total. The van der Waals surface area contributed by atoms with Gasteiger partial charge in [0.05, 0.1) is 5.71 Å². The molecule has 1 aliphatic rings. The van der Waals surface area contributed by atoms with Gasteiger partial charge in [0.25, 0.3) is 5.91 Å². The molecule has 1 atom stereocenters. The number of nitrogens with one attached hydrogen (secondary N) is 1. The van der Waals surface area contributed by atoms with Crippen molar-refractivity contribution in [3.63, 3.8) is 0 Å². The summed E-state index contributed by atoms with van der Waals surface area (Å²) in [4.78, 5) is 20.7. The largest absolute Gasteiger partial charge is 0.294 e. The van der Waals surface area contributed by atoms with Crippen LogP contribution in [-0.2, 0) is 10.3 Å². The van der Waals surface area contributed by atoms with Gasteiger partial charge in [0.1, 0.15) is 5.54 Å². The van der Waals surface area contributed by atoms with Crippen molar-refractivity contribution in [2.45, 2.75) is 12.5 Å². The van der Waals surface area contributed by atoms with Crippen LogP contribution in [-0.4, -0.2) is 23.1 Å². The Morgan fingerprint density at radius 1 is 1.10 bits per heavy atom. The van der Waals surface area contributed by atoms with Gasteiger partial charge < -0.3 is 0 Å². The lowest BCUT2D eigenvalue weighted by Gasteiger charge is -2.32. The van der Waals surface area contributed by atoms with Gasteiger partial charge in [-0.1, -0.05) is 30.3 Å². The molecule has 1 amide bonds. The Hall–Kier alpha value is -2.33. The van der Waals surface area contributed by atoms with Gasteiger partial charge in [-0.15, -0.1) is 0 Å². The number of benzene rings is 1. The molecule has 1 aromatic carbocycles. The number of amides is 1. The Kier molecular flexibility index (Phi) is 3.16. The van der Waals surface area contributed by atoms with Crippen LogP contribution in [0.3, 0.4) is 0 Å². The Balaban J connectivity index is 1.95. The fourth-order valence-corrected chi connectivity index (χ4v) is 2.32. The molecule has 1 aliphatic heterocycles. The summed E-state index contributed by atoms with van der Waals surface area (Å²) in [5.41, 5.74) is 1.86. The highest BCUT2D eigenvalue weighted by Crippen LogP contribution is 2.24. The SMILES string of the molecule is C[C@@]1(c2ccncc2)NCC(c2ccccc2)=NC1=O. The summed E-state index contributed by atoms with van der Waals surface area (Å²) in [7, 11) is 0. The highest BCUT2D eigenvalue weighted by molar-refractivity contribution is 6.11. The second-order valence-electron chi connectivity index (χ2n) is 4.94. The molecule has 4 heteroatoms. The minimum absolute atomic E-state index is 0.172. The number of pyridine rings is 1. The van der Waals surface area contributed by atoms with E-state index >= 15 is 0 Å². The second kappa shape index (κ2) is 4.98. The maximum Gasteiger partial charge on any atom is 0.270 e. The molecule has 0 fully saturated rings. The molecule has 0 spiro atoms. The van der Waals surface area contributed by atoms with E-state index in [4.69, 9.17) is 0 Å². The van der Waals surface area contributed by atoms with Crippen LogP contribution in [0.1, 0.15) is 18.1 Å². The average molecular weight is 265 g/mol. The normalized spacial score (nSPS) is 22.4. The molecule has 3 rings (SSSR count). The van der Waals surface area contributed by atoms with E-state index in [1.165, 1.54) is 0 Å². The van der Waals surface area contributed by atoms with E-state index in [1.54, 1.807) is 12.4 Å². The molecule has 0 saturated carbocycles. The fourth-order valence-electron chi connectivity index (χ4n) is 2.32. The van der Waals surface area contributed by atoms with Gasteiger partial charge in [-0.3, -0.25) is 15.1 Å². The molecule has 0 aliphatic carbocycles. The summed E-state index contributed by atoms with van der Waals surface area (Å²) in [6.07, 6.45) is 3.37. The number of nitrogens with zero attached hydrogens (tertiary/aromatic N) is 2. The van der Waals surface area contributed by atoms with Crippen molar-refractivity contribution in [3.05, 3.63) is 66.0 Å². The predicted octanol–water partition coefficient (Wildman–Crippen LogP) is 1.92. The molecular weight excluding hydrogens is 250 g/mol. The summed E-state index contributed by atoms with van der Waals surface area (Å²) < 4.78 is 0. The van der Waals surface area contributed by atoms with Gasteiger partial charge in [-0.25, -0.2) is 4.99 Å². The average Bonchev–Trinajstić information content (AvgIpc) is 2.52. The van der Waals surface area contributed by atoms with Crippen LogP contribution in [0.25, 0.3) is 0 Å². The first-order valence-electron chi connectivity index (χ1n) is 6.53. The first-order chi connectivity index (χ1) is 9.70. The van der Waals surface area contributed by atoms with Crippen molar-refractivity contribution in [1.82, 2.24) is 10.3 Å². The van der Waals surface area contributed by atoms with E-state index in [-0.39, 0.29) is 5.91 Å². The van der Waals surface area contributed by atoms with E-state index in [9.17, 15) is 4.79 Å². The highest BCUT2D eigenvalue weighted by atomic mass is 16.2. The molecule has 1 aromatic heterocycles. The van der Waals surface area contributed by atoms with Gasteiger partial charge in [-0.2, -0.15) is 0 Å². The first-order valence-corrected chi connectivity index (χ1v) is 6.53. The Labute approximate surface area is 117 Å². The van der Waals surface area contributed by atoms with Gasteiger partial charge in [-0.05, 0) is 30.2 Å². The summed E-state index contributed by atoms with van der Waals surface area (Å²) in [5.74, 6) is -0.172. The zero-order valence-corrected chi connectivity index (χ0v) is 11.2. The van der Waals surface area contributed by atoms with E-state index in [1.807, 2.05) is 49.4 Å². The lowest BCUT2D eigenvalue weighted by molar-refractivity contribution is -0.124. The number of hydrogen-bond acceptors (Lipinski definition) is 3. The molecule has 4 nitrogen and oxygen atoms in total. The predicted molar refractivity (Wildman–Crippen MR) is 77.6 cm³/mol. The van der Waals surface area contributed by atoms with Crippen LogP contribution >= 0.6 is 0 Å². The van der Waals surface area contributed by atoms with Crippen molar-refractivity contribution >= 4 is 11.6 Å². The van der Waals surface area contributed by atoms with E-state index in [2.05, 4.69) is 15.3 Å². The molecule has 0 saturated heterocycles. The number of rotatable bonds is 2. The molecular formula is C16H15N3O. The Morgan fingerprint density at radius 3 is 2.45 bits per heavy atom. The topological polar surface area (TPSA) is 54.4 Å². The van der Waals surface area contributed by atoms with Crippen molar-refractivity contribution in [2.24, 2.45) is 4.99 Å². The zero-order valence-electron chi connectivity index (χ0n) is 11.2. The second-order valence-corrected chi connectivity index (χ2v) is 4.94. The summed E-state index contributed by atoms with van der Waals surface area (Å²) >= 11 is 0. The standard InChI is InChI=1S/C16H15N3O/c1-16(13-7-9-17-10-8-13)15(20)19-14(11-18-16)12-5-3-2-4-6-12/h2-10,18H,11H2,1H3/t16-/m0/s1. The molecule has 2 aromatic rings. The molecule has 0 radical (unpaired) electrons. The third-order valence-electron chi connectivity index (χ3n) is 3.64. The van der Waals surface area contributed by atoms with Crippen molar-refractivity contribution in [2.75, 3.05) is 6.54 Å². The van der Waals surface area contributed by atoms with Crippen LogP contribution in [0, 0.1) is 0 Å². The summed E-state index contributed by atoms with van der Waals surface area (Å²) in [5, 5.41) is 3.30. The van der Waals surface area contributed by atoms with Crippen LogP contribution in [0.5, 0.6) is 0 Å². The minimum Gasteiger partial charge on any atom is -0.294 e. The monoisotopic (exact) mass is 265 g/mol. The summed E-state index contributed by atoms with van der Waals surface area (Å²) in [6, 6.07) is 13.4. The number of aliphatic imine (C=N–C) groups is 1. The number of carbonyl (C=O) groups is 1. The van der Waals surface area contributed by atoms with E-state index in [0.717, 1.165) is 16.8 Å². The molecule has 2 heterocycles.